The fraction of sp³-hybridized carbons (Fsp3) is 0.600. The highest BCUT2D eigenvalue weighted by Gasteiger charge is 2.16. The molecule has 0 aliphatic heterocycles. The molecule has 21 heavy (non-hydrogen) atoms. The minimum absolute atomic E-state index is 0.135. The number of imidazole rings is 1. The van der Waals surface area contributed by atoms with Gasteiger partial charge in [-0.2, -0.15) is 0 Å². The zero-order valence-corrected chi connectivity index (χ0v) is 13.9. The van der Waals surface area contributed by atoms with Crippen LogP contribution in [0.4, 0.5) is 0 Å². The van der Waals surface area contributed by atoms with Crippen molar-refractivity contribution in [3.05, 3.63) is 23.7 Å². The van der Waals surface area contributed by atoms with Crippen molar-refractivity contribution in [2.45, 2.75) is 25.8 Å². The Hall–Kier alpha value is -1.17. The van der Waals surface area contributed by atoms with Crippen LogP contribution in [0, 0.1) is 6.92 Å². The number of rotatable bonds is 7. The van der Waals surface area contributed by atoms with E-state index in [1.807, 2.05) is 20.0 Å². The molecule has 0 N–H and O–H groups in total. The maximum atomic E-state index is 6.27. The Labute approximate surface area is 130 Å². The van der Waals surface area contributed by atoms with Crippen molar-refractivity contribution < 1.29 is 4.74 Å². The molecule has 1 unspecified atom stereocenters. The van der Waals surface area contributed by atoms with Gasteiger partial charge in [0, 0.05) is 32.9 Å². The molecule has 2 aromatic rings. The third-order valence-corrected chi connectivity index (χ3v) is 3.68. The molecule has 0 aliphatic carbocycles. The predicted octanol–water partition coefficient (Wildman–Crippen LogP) is 2.62. The van der Waals surface area contributed by atoms with E-state index in [0.29, 0.717) is 0 Å². The number of aromatic nitrogens is 3. The van der Waals surface area contributed by atoms with E-state index in [1.54, 1.807) is 7.11 Å². The number of aryl methyl sites for hydroxylation is 1. The molecule has 0 radical (unpaired) electrons. The second-order valence-corrected chi connectivity index (χ2v) is 6.04. The molecule has 2 rings (SSSR count). The van der Waals surface area contributed by atoms with E-state index >= 15 is 0 Å². The van der Waals surface area contributed by atoms with E-state index in [9.17, 15) is 0 Å². The van der Waals surface area contributed by atoms with Crippen molar-refractivity contribution in [2.75, 3.05) is 33.9 Å². The first kappa shape index (κ1) is 16.2. The Morgan fingerprint density at radius 2 is 2.19 bits per heavy atom. The first-order valence-electron chi connectivity index (χ1n) is 7.17. The summed E-state index contributed by atoms with van der Waals surface area (Å²) in [6.45, 7) is 7.33. The molecule has 2 aromatic heterocycles. The highest BCUT2D eigenvalue weighted by atomic mass is 35.5. The average Bonchev–Trinajstić information content (AvgIpc) is 2.80. The van der Waals surface area contributed by atoms with Gasteiger partial charge in [-0.25, -0.2) is 9.97 Å². The van der Waals surface area contributed by atoms with Gasteiger partial charge in [-0.05, 0) is 32.5 Å². The van der Waals surface area contributed by atoms with Crippen LogP contribution < -0.4 is 0 Å². The predicted molar refractivity (Wildman–Crippen MR) is 85.9 cm³/mol. The van der Waals surface area contributed by atoms with Crippen LogP contribution in [-0.4, -0.2) is 53.3 Å². The lowest BCUT2D eigenvalue weighted by molar-refractivity contribution is 0.159. The fourth-order valence-corrected chi connectivity index (χ4v) is 2.45. The molecule has 0 aromatic carbocycles. The zero-order valence-electron chi connectivity index (χ0n) is 13.1. The van der Waals surface area contributed by atoms with Crippen LogP contribution in [0.5, 0.6) is 0 Å². The standard InChI is InChI=1S/C15H23ClN4O/c1-11-9-13-15(17-10-11)20(14(18-13)12(2)16)6-5-19(3)7-8-21-4/h9-10,12H,5-8H2,1-4H3. The molecule has 5 nitrogen and oxygen atoms in total. The van der Waals surface area contributed by atoms with Crippen LogP contribution in [-0.2, 0) is 11.3 Å². The number of alkyl halides is 1. The molecule has 0 saturated carbocycles. The molecule has 0 fully saturated rings. The molecular formula is C15H23ClN4O. The summed E-state index contributed by atoms with van der Waals surface area (Å²) in [6.07, 6.45) is 1.87. The summed E-state index contributed by atoms with van der Waals surface area (Å²) in [5, 5.41) is -0.135. The van der Waals surface area contributed by atoms with Gasteiger partial charge >= 0.3 is 0 Å². The number of ether oxygens (including phenoxy) is 1. The van der Waals surface area contributed by atoms with Crippen molar-refractivity contribution in [3.63, 3.8) is 0 Å². The molecule has 2 heterocycles. The Morgan fingerprint density at radius 3 is 2.86 bits per heavy atom. The average molecular weight is 311 g/mol. The normalized spacial score (nSPS) is 13.2. The van der Waals surface area contributed by atoms with Gasteiger partial charge in [0.25, 0.3) is 0 Å². The maximum Gasteiger partial charge on any atom is 0.160 e. The second-order valence-electron chi connectivity index (χ2n) is 5.39. The molecular weight excluding hydrogens is 288 g/mol. The summed E-state index contributed by atoms with van der Waals surface area (Å²) in [5.41, 5.74) is 2.93. The molecule has 1 atom stereocenters. The summed E-state index contributed by atoms with van der Waals surface area (Å²) in [7, 11) is 3.80. The number of methoxy groups -OCH3 is 1. The van der Waals surface area contributed by atoms with Gasteiger partial charge in [-0.1, -0.05) is 0 Å². The third kappa shape index (κ3) is 3.93. The second kappa shape index (κ2) is 7.20. The Balaban J connectivity index is 2.22. The SMILES string of the molecule is COCCN(C)CCn1c(C(C)Cl)nc2cc(C)cnc21. The van der Waals surface area contributed by atoms with Gasteiger partial charge in [0.15, 0.2) is 5.65 Å². The van der Waals surface area contributed by atoms with Crippen molar-refractivity contribution in [2.24, 2.45) is 0 Å². The van der Waals surface area contributed by atoms with E-state index in [4.69, 9.17) is 16.3 Å². The summed E-state index contributed by atoms with van der Waals surface area (Å²) in [5.74, 6) is 0.880. The molecule has 0 saturated heterocycles. The van der Waals surface area contributed by atoms with E-state index in [2.05, 4.69) is 32.5 Å². The minimum atomic E-state index is -0.135. The van der Waals surface area contributed by atoms with E-state index in [0.717, 1.165) is 48.8 Å². The number of halogens is 1. The van der Waals surface area contributed by atoms with Crippen LogP contribution in [0.3, 0.4) is 0 Å². The van der Waals surface area contributed by atoms with Gasteiger partial charge in [0.2, 0.25) is 0 Å². The quantitative estimate of drug-likeness (QED) is 0.737. The molecule has 0 amide bonds. The van der Waals surface area contributed by atoms with E-state index < -0.39 is 0 Å². The zero-order chi connectivity index (χ0) is 15.4. The van der Waals surface area contributed by atoms with Gasteiger partial charge in [-0.15, -0.1) is 11.6 Å². The largest absolute Gasteiger partial charge is 0.383 e. The highest BCUT2D eigenvalue weighted by molar-refractivity contribution is 6.20. The molecule has 0 spiro atoms. The Kier molecular flexibility index (Phi) is 5.56. The Morgan fingerprint density at radius 1 is 1.43 bits per heavy atom. The van der Waals surface area contributed by atoms with Crippen molar-refractivity contribution >= 4 is 22.8 Å². The van der Waals surface area contributed by atoms with Gasteiger partial charge in [0.05, 0.1) is 12.0 Å². The number of likely N-dealkylation sites (N-methyl/N-ethyl adjacent to an activating group) is 1. The van der Waals surface area contributed by atoms with Crippen molar-refractivity contribution in [1.82, 2.24) is 19.4 Å². The molecule has 116 valence electrons. The number of hydrogen-bond acceptors (Lipinski definition) is 4. The van der Waals surface area contributed by atoms with Crippen LogP contribution in [0.15, 0.2) is 12.3 Å². The number of pyridine rings is 1. The lowest BCUT2D eigenvalue weighted by Crippen LogP contribution is -2.27. The smallest absolute Gasteiger partial charge is 0.160 e. The molecule has 6 heteroatoms. The lowest BCUT2D eigenvalue weighted by atomic mass is 10.3. The van der Waals surface area contributed by atoms with E-state index in [-0.39, 0.29) is 5.38 Å². The lowest BCUT2D eigenvalue weighted by Gasteiger charge is -2.17. The van der Waals surface area contributed by atoms with Crippen LogP contribution in [0.1, 0.15) is 23.7 Å². The summed E-state index contributed by atoms with van der Waals surface area (Å²) in [6, 6.07) is 2.05. The van der Waals surface area contributed by atoms with Crippen LogP contribution in [0.2, 0.25) is 0 Å². The van der Waals surface area contributed by atoms with Crippen molar-refractivity contribution in [1.29, 1.82) is 0 Å². The number of nitrogens with zero attached hydrogens (tertiary/aromatic N) is 4. The van der Waals surface area contributed by atoms with Gasteiger partial charge in [0.1, 0.15) is 11.3 Å². The van der Waals surface area contributed by atoms with Crippen molar-refractivity contribution in [3.8, 4) is 0 Å². The minimum Gasteiger partial charge on any atom is -0.383 e. The molecule has 0 bridgehead atoms. The van der Waals surface area contributed by atoms with E-state index in [1.165, 1.54) is 0 Å². The summed E-state index contributed by atoms with van der Waals surface area (Å²) < 4.78 is 7.22. The highest BCUT2D eigenvalue weighted by Crippen LogP contribution is 2.23. The number of fused-ring (bicyclic) bond motifs is 1. The first-order chi connectivity index (χ1) is 10.0. The summed E-state index contributed by atoms with van der Waals surface area (Å²) >= 11 is 6.27. The fourth-order valence-electron chi connectivity index (χ4n) is 2.28. The molecule has 0 aliphatic rings. The van der Waals surface area contributed by atoms with Gasteiger partial charge < -0.3 is 14.2 Å². The Bertz CT molecular complexity index is 597. The summed E-state index contributed by atoms with van der Waals surface area (Å²) in [4.78, 5) is 11.4. The maximum absolute atomic E-state index is 6.27. The van der Waals surface area contributed by atoms with Gasteiger partial charge in [-0.3, -0.25) is 0 Å². The van der Waals surface area contributed by atoms with Crippen LogP contribution >= 0.6 is 11.6 Å². The monoisotopic (exact) mass is 310 g/mol. The first-order valence-corrected chi connectivity index (χ1v) is 7.61. The number of hydrogen-bond donors (Lipinski definition) is 0. The topological polar surface area (TPSA) is 43.2 Å². The third-order valence-electron chi connectivity index (χ3n) is 3.49. The van der Waals surface area contributed by atoms with Crippen LogP contribution in [0.25, 0.3) is 11.2 Å².